The van der Waals surface area contributed by atoms with E-state index in [0.717, 1.165) is 27.7 Å². The summed E-state index contributed by atoms with van der Waals surface area (Å²) in [7, 11) is -14.4. The summed E-state index contributed by atoms with van der Waals surface area (Å²) in [5, 5.41) is -19.8. The first-order valence-corrected chi connectivity index (χ1v) is 13.5. The predicted octanol–water partition coefficient (Wildman–Crippen LogP) is 2.84. The second-order valence-electron chi connectivity index (χ2n) is 8.23. The van der Waals surface area contributed by atoms with Crippen molar-refractivity contribution >= 4 is 43.9 Å². The molecule has 0 amide bonds. The minimum Gasteiger partial charge on any atom is -0.462 e. The van der Waals surface area contributed by atoms with Gasteiger partial charge in [0.1, 0.15) is 10.5 Å². The summed E-state index contributed by atoms with van der Waals surface area (Å²) >= 11 is -0.694. The van der Waals surface area contributed by atoms with Crippen molar-refractivity contribution in [1.29, 1.82) is 0 Å². The van der Waals surface area contributed by atoms with Crippen LogP contribution in [0.25, 0.3) is 0 Å². The summed E-state index contributed by atoms with van der Waals surface area (Å²) in [6.07, 6.45) is -2.58. The molecule has 0 saturated carbocycles. The van der Waals surface area contributed by atoms with Crippen molar-refractivity contribution in [3.63, 3.8) is 0 Å². The summed E-state index contributed by atoms with van der Waals surface area (Å²) in [6, 6.07) is 0. The molecule has 1 rings (SSSR count). The number of ether oxygens (including phenoxy) is 2. The molecule has 2 N–H and O–H groups in total. The summed E-state index contributed by atoms with van der Waals surface area (Å²) in [5.41, 5.74) is 0. The van der Waals surface area contributed by atoms with Crippen LogP contribution in [0.5, 0.6) is 0 Å². The standard InChI is InChI=1S/C16H20F8O10S3/c1-5(2)33-11(25)9-7(13(17,18)15(21,22)36(27,28)29)8(10(35-9)12(26)34-6(3)4)14(19,20)16(23,24)37(30,31)32/h5-10H,1-4H3,(H,27,28,29)(H,30,31,32). The summed E-state index contributed by atoms with van der Waals surface area (Å²) in [6.45, 7) is 4.17. The van der Waals surface area contributed by atoms with E-state index in [0.29, 0.717) is 0 Å². The minimum atomic E-state index is -7.22. The smallest absolute Gasteiger partial charge is 0.431 e. The van der Waals surface area contributed by atoms with Gasteiger partial charge in [-0.1, -0.05) is 0 Å². The first kappa shape index (κ1) is 33.6. The second kappa shape index (κ2) is 10.3. The zero-order chi connectivity index (χ0) is 29.7. The maximum absolute atomic E-state index is 15.1. The first-order valence-electron chi connectivity index (χ1n) is 9.68. The number of thioether (sulfide) groups is 1. The fraction of sp³-hybridized carbons (Fsp3) is 0.875. The molecule has 37 heavy (non-hydrogen) atoms. The Kier molecular flexibility index (Phi) is 9.32. The molecule has 0 aromatic carbocycles. The summed E-state index contributed by atoms with van der Waals surface area (Å²) < 4.78 is 187. The van der Waals surface area contributed by atoms with Gasteiger partial charge in [-0.15, -0.1) is 11.8 Å². The summed E-state index contributed by atoms with van der Waals surface area (Å²) in [4.78, 5) is 24.8. The molecule has 0 radical (unpaired) electrons. The average Bonchev–Trinajstić information content (AvgIpc) is 3.07. The Morgan fingerprint density at radius 1 is 0.676 bits per heavy atom. The maximum Gasteiger partial charge on any atom is 0.431 e. The van der Waals surface area contributed by atoms with E-state index in [1.165, 1.54) is 0 Å². The molecule has 10 nitrogen and oxygen atoms in total. The molecular weight excluding hydrogens is 600 g/mol. The van der Waals surface area contributed by atoms with Crippen molar-refractivity contribution in [2.24, 2.45) is 11.8 Å². The van der Waals surface area contributed by atoms with Crippen molar-refractivity contribution in [3.8, 4) is 0 Å². The molecule has 21 heteroatoms. The van der Waals surface area contributed by atoms with Crippen molar-refractivity contribution < 1.29 is 80.1 Å². The topological polar surface area (TPSA) is 161 Å². The zero-order valence-corrected chi connectivity index (χ0v) is 21.3. The Hall–Kier alpha value is -1.45. The van der Waals surface area contributed by atoms with Crippen LogP contribution in [0.4, 0.5) is 35.1 Å². The van der Waals surface area contributed by atoms with Gasteiger partial charge in [-0.05, 0) is 27.7 Å². The molecule has 0 bridgehead atoms. The highest BCUT2D eigenvalue weighted by Crippen LogP contribution is 2.62. The van der Waals surface area contributed by atoms with Gasteiger partial charge < -0.3 is 9.47 Å². The van der Waals surface area contributed by atoms with Crippen LogP contribution in [-0.4, -0.2) is 82.9 Å². The molecule has 0 aliphatic carbocycles. The molecule has 0 aromatic rings. The van der Waals surface area contributed by atoms with Crippen molar-refractivity contribution in [2.75, 3.05) is 0 Å². The van der Waals surface area contributed by atoms with Gasteiger partial charge in [0.15, 0.2) is 0 Å². The van der Waals surface area contributed by atoms with E-state index in [4.69, 9.17) is 9.11 Å². The molecule has 1 saturated heterocycles. The Labute approximate surface area is 208 Å². The highest BCUT2D eigenvalue weighted by molar-refractivity contribution is 8.02. The molecule has 218 valence electrons. The lowest BCUT2D eigenvalue weighted by Gasteiger charge is -2.39. The quantitative estimate of drug-likeness (QED) is 0.210. The van der Waals surface area contributed by atoms with Crippen LogP contribution in [0.1, 0.15) is 27.7 Å². The van der Waals surface area contributed by atoms with Gasteiger partial charge >= 0.3 is 54.5 Å². The lowest BCUT2D eigenvalue weighted by atomic mass is 9.77. The fourth-order valence-electron chi connectivity index (χ4n) is 3.27. The van der Waals surface area contributed by atoms with E-state index in [2.05, 4.69) is 9.47 Å². The van der Waals surface area contributed by atoms with E-state index in [9.17, 15) is 44.0 Å². The minimum absolute atomic E-state index is 0.694. The molecule has 0 aromatic heterocycles. The number of halogens is 8. The molecule has 1 aliphatic rings. The van der Waals surface area contributed by atoms with Gasteiger partial charge in [-0.2, -0.15) is 52.0 Å². The van der Waals surface area contributed by atoms with Crippen LogP contribution in [0.2, 0.25) is 0 Å². The molecule has 4 atom stereocenters. The molecule has 1 fully saturated rings. The number of rotatable bonds is 10. The van der Waals surface area contributed by atoms with Gasteiger partial charge in [-0.3, -0.25) is 18.7 Å². The lowest BCUT2D eigenvalue weighted by molar-refractivity contribution is -0.254. The fourth-order valence-corrected chi connectivity index (χ4v) is 5.90. The second-order valence-corrected chi connectivity index (χ2v) is 12.4. The number of hydrogen-bond donors (Lipinski definition) is 2. The molecule has 1 aliphatic heterocycles. The normalized spacial score (nSPS) is 24.4. The van der Waals surface area contributed by atoms with Gasteiger partial charge in [0.2, 0.25) is 0 Å². The zero-order valence-electron chi connectivity index (χ0n) is 18.9. The highest BCUT2D eigenvalue weighted by Gasteiger charge is 2.82. The largest absolute Gasteiger partial charge is 0.462 e. The van der Waals surface area contributed by atoms with Crippen LogP contribution >= 0.6 is 11.8 Å². The van der Waals surface area contributed by atoms with Crippen LogP contribution < -0.4 is 0 Å². The Bertz CT molecular complexity index is 1020. The van der Waals surface area contributed by atoms with Crippen LogP contribution in [-0.2, 0) is 39.3 Å². The third kappa shape index (κ3) is 5.93. The van der Waals surface area contributed by atoms with Crippen LogP contribution in [0.3, 0.4) is 0 Å². The first-order chi connectivity index (χ1) is 16.2. The van der Waals surface area contributed by atoms with Crippen molar-refractivity contribution in [2.45, 2.75) is 72.8 Å². The van der Waals surface area contributed by atoms with Gasteiger partial charge in [0, 0.05) is 0 Å². The highest BCUT2D eigenvalue weighted by atomic mass is 32.2. The number of esters is 2. The van der Waals surface area contributed by atoms with Crippen molar-refractivity contribution in [1.82, 2.24) is 0 Å². The van der Waals surface area contributed by atoms with Gasteiger partial charge in [0.25, 0.3) is 0 Å². The van der Waals surface area contributed by atoms with E-state index in [1.807, 2.05) is 0 Å². The number of alkyl halides is 8. The van der Waals surface area contributed by atoms with E-state index in [-0.39, 0.29) is 0 Å². The van der Waals surface area contributed by atoms with Crippen LogP contribution in [0, 0.1) is 11.8 Å². The lowest BCUT2D eigenvalue weighted by Crippen LogP contribution is -2.63. The Balaban J connectivity index is 4.13. The molecular formula is C16H20F8O10S3. The van der Waals surface area contributed by atoms with E-state index in [1.54, 1.807) is 0 Å². The third-order valence-corrected chi connectivity index (χ3v) is 8.16. The van der Waals surface area contributed by atoms with Crippen molar-refractivity contribution in [3.05, 3.63) is 0 Å². The molecule has 1 heterocycles. The predicted molar refractivity (Wildman–Crippen MR) is 107 cm³/mol. The molecule has 0 spiro atoms. The summed E-state index contributed by atoms with van der Waals surface area (Å²) in [5.74, 6) is -26.0. The Morgan fingerprint density at radius 3 is 1.11 bits per heavy atom. The van der Waals surface area contributed by atoms with E-state index >= 15 is 17.6 Å². The number of carbonyl (C=O) groups is 2. The Morgan fingerprint density at radius 2 is 0.919 bits per heavy atom. The monoisotopic (exact) mass is 620 g/mol. The number of hydrogen-bond acceptors (Lipinski definition) is 9. The SMILES string of the molecule is CC(C)OC(=O)C1SC(C(=O)OC(C)C)C(C(F)(F)C(F)(F)S(=O)(=O)O)C1C(F)(F)C(F)(F)S(=O)(=O)O. The molecule has 4 unspecified atom stereocenters. The third-order valence-electron chi connectivity index (χ3n) is 4.76. The maximum atomic E-state index is 15.1. The van der Waals surface area contributed by atoms with E-state index < -0.39 is 101 Å². The van der Waals surface area contributed by atoms with Gasteiger partial charge in [0.05, 0.1) is 24.0 Å². The van der Waals surface area contributed by atoms with Crippen LogP contribution in [0.15, 0.2) is 0 Å². The van der Waals surface area contributed by atoms with Gasteiger partial charge in [-0.25, -0.2) is 0 Å². The average molecular weight is 621 g/mol. The number of carbonyl (C=O) groups excluding carboxylic acids is 2.